The van der Waals surface area contributed by atoms with Gasteiger partial charge in [-0.25, -0.2) is 9.78 Å². The van der Waals surface area contributed by atoms with E-state index in [0.717, 1.165) is 11.4 Å². The van der Waals surface area contributed by atoms with Gasteiger partial charge in [0.2, 0.25) is 0 Å². The monoisotopic (exact) mass is 229 g/mol. The summed E-state index contributed by atoms with van der Waals surface area (Å²) in [5.41, 5.74) is 0.533. The maximum Gasteiger partial charge on any atom is 0.347 e. The summed E-state index contributed by atoms with van der Waals surface area (Å²) in [6.07, 6.45) is 0.814. The molecular weight excluding hydrogens is 214 g/mol. The van der Waals surface area contributed by atoms with Crippen LogP contribution in [0.3, 0.4) is 0 Å². The van der Waals surface area contributed by atoms with Crippen LogP contribution in [0.5, 0.6) is 0 Å². The van der Waals surface area contributed by atoms with Gasteiger partial charge in [-0.1, -0.05) is 13.8 Å². The van der Waals surface area contributed by atoms with Gasteiger partial charge < -0.3 is 9.84 Å². The fourth-order valence-corrected chi connectivity index (χ4v) is 2.36. The molecule has 5 heteroatoms. The Labute approximate surface area is 92.9 Å². The van der Waals surface area contributed by atoms with E-state index in [0.29, 0.717) is 16.5 Å². The highest BCUT2D eigenvalue weighted by atomic mass is 32.1. The number of carbonyl (C=O) groups is 1. The molecule has 1 aromatic rings. The van der Waals surface area contributed by atoms with E-state index in [-0.39, 0.29) is 6.61 Å². The standard InChI is InChI=1S/C10H15NO3S/c1-6(2)4-8-11-7(5-14-3)9(15-8)10(12)13/h6H,4-5H2,1-3H3,(H,12,13). The SMILES string of the molecule is COCc1nc(CC(C)C)sc1C(=O)O. The van der Waals surface area contributed by atoms with Crippen LogP contribution in [0, 0.1) is 5.92 Å². The first kappa shape index (κ1) is 12.1. The molecule has 1 rings (SSSR count). The number of carboxylic acid groups (broad SMARTS) is 1. The molecule has 0 aliphatic rings. The van der Waals surface area contributed by atoms with Gasteiger partial charge in [0.05, 0.1) is 17.3 Å². The van der Waals surface area contributed by atoms with Gasteiger partial charge in [-0.05, 0) is 5.92 Å². The fraction of sp³-hybridized carbons (Fsp3) is 0.600. The molecule has 4 nitrogen and oxygen atoms in total. The Balaban J connectivity index is 2.93. The number of rotatable bonds is 5. The summed E-state index contributed by atoms with van der Waals surface area (Å²) in [5.74, 6) is -0.442. The van der Waals surface area contributed by atoms with Crippen molar-refractivity contribution in [3.05, 3.63) is 15.6 Å². The van der Waals surface area contributed by atoms with E-state index in [1.54, 1.807) is 0 Å². The Bertz CT molecular complexity index is 346. The lowest BCUT2D eigenvalue weighted by atomic mass is 10.1. The molecule has 0 aliphatic carbocycles. The van der Waals surface area contributed by atoms with Crippen molar-refractivity contribution in [3.8, 4) is 0 Å². The highest BCUT2D eigenvalue weighted by Crippen LogP contribution is 2.21. The van der Waals surface area contributed by atoms with Crippen molar-refractivity contribution in [2.75, 3.05) is 7.11 Å². The predicted molar refractivity (Wildman–Crippen MR) is 58.3 cm³/mol. The molecule has 0 unspecified atom stereocenters. The second-order valence-electron chi connectivity index (χ2n) is 3.72. The predicted octanol–water partition coefficient (Wildman–Crippen LogP) is 2.19. The van der Waals surface area contributed by atoms with E-state index >= 15 is 0 Å². The molecule has 1 heterocycles. The highest BCUT2D eigenvalue weighted by Gasteiger charge is 2.17. The van der Waals surface area contributed by atoms with E-state index in [9.17, 15) is 4.79 Å². The second-order valence-corrected chi connectivity index (χ2v) is 4.80. The molecule has 1 aromatic heterocycles. The maximum atomic E-state index is 10.9. The minimum absolute atomic E-state index is 0.260. The third-order valence-electron chi connectivity index (χ3n) is 1.80. The third-order valence-corrected chi connectivity index (χ3v) is 2.91. The average Bonchev–Trinajstić information content (AvgIpc) is 2.47. The number of hydrogen-bond donors (Lipinski definition) is 1. The molecule has 0 aliphatic heterocycles. The summed E-state index contributed by atoms with van der Waals surface area (Å²) in [5, 5.41) is 9.82. The zero-order chi connectivity index (χ0) is 11.4. The molecule has 1 N–H and O–H groups in total. The van der Waals surface area contributed by atoms with Gasteiger partial charge in [0.25, 0.3) is 0 Å². The van der Waals surface area contributed by atoms with Crippen molar-refractivity contribution in [3.63, 3.8) is 0 Å². The van der Waals surface area contributed by atoms with Crippen LogP contribution in [0.2, 0.25) is 0 Å². The number of aromatic nitrogens is 1. The minimum Gasteiger partial charge on any atom is -0.477 e. The van der Waals surface area contributed by atoms with Crippen LogP contribution < -0.4 is 0 Å². The Morgan fingerprint density at radius 3 is 2.73 bits per heavy atom. The number of methoxy groups -OCH3 is 1. The van der Waals surface area contributed by atoms with Crippen LogP contribution in [0.1, 0.15) is 34.2 Å². The zero-order valence-corrected chi connectivity index (χ0v) is 9.93. The summed E-state index contributed by atoms with van der Waals surface area (Å²) in [6, 6.07) is 0. The van der Waals surface area contributed by atoms with Crippen molar-refractivity contribution in [2.45, 2.75) is 26.9 Å². The molecule has 0 fully saturated rings. The van der Waals surface area contributed by atoms with E-state index in [2.05, 4.69) is 18.8 Å². The lowest BCUT2D eigenvalue weighted by Crippen LogP contribution is -2.00. The van der Waals surface area contributed by atoms with Crippen LogP contribution >= 0.6 is 11.3 Å². The second kappa shape index (κ2) is 5.23. The van der Waals surface area contributed by atoms with Crippen molar-refractivity contribution in [1.82, 2.24) is 4.98 Å². The highest BCUT2D eigenvalue weighted by molar-refractivity contribution is 7.13. The summed E-state index contributed by atoms with van der Waals surface area (Å²) < 4.78 is 4.92. The van der Waals surface area contributed by atoms with E-state index in [1.165, 1.54) is 18.4 Å². The first-order valence-electron chi connectivity index (χ1n) is 4.75. The third kappa shape index (κ3) is 3.28. The molecule has 0 saturated heterocycles. The van der Waals surface area contributed by atoms with E-state index < -0.39 is 5.97 Å². The first-order chi connectivity index (χ1) is 7.04. The number of hydrogen-bond acceptors (Lipinski definition) is 4. The fourth-order valence-electron chi connectivity index (χ4n) is 1.24. The molecule has 84 valence electrons. The van der Waals surface area contributed by atoms with Crippen molar-refractivity contribution in [2.24, 2.45) is 5.92 Å². The molecule has 0 aromatic carbocycles. The Morgan fingerprint density at radius 1 is 1.60 bits per heavy atom. The molecular formula is C10H15NO3S. The lowest BCUT2D eigenvalue weighted by Gasteiger charge is -1.98. The van der Waals surface area contributed by atoms with Crippen LogP contribution in [0.15, 0.2) is 0 Å². The van der Waals surface area contributed by atoms with Crippen LogP contribution in [0.25, 0.3) is 0 Å². The normalized spacial score (nSPS) is 10.9. The van der Waals surface area contributed by atoms with Crippen LogP contribution in [0.4, 0.5) is 0 Å². The van der Waals surface area contributed by atoms with Gasteiger partial charge in [-0.15, -0.1) is 11.3 Å². The first-order valence-corrected chi connectivity index (χ1v) is 5.57. The molecule has 0 atom stereocenters. The van der Waals surface area contributed by atoms with Crippen LogP contribution in [-0.2, 0) is 17.8 Å². The molecule has 15 heavy (non-hydrogen) atoms. The van der Waals surface area contributed by atoms with Crippen molar-refractivity contribution >= 4 is 17.3 Å². The zero-order valence-electron chi connectivity index (χ0n) is 9.11. The minimum atomic E-state index is -0.922. The lowest BCUT2D eigenvalue weighted by molar-refractivity contribution is 0.0697. The van der Waals surface area contributed by atoms with Crippen molar-refractivity contribution < 1.29 is 14.6 Å². The Kier molecular flexibility index (Phi) is 4.23. The summed E-state index contributed by atoms with van der Waals surface area (Å²) >= 11 is 1.25. The molecule has 0 amide bonds. The Hall–Kier alpha value is -0.940. The van der Waals surface area contributed by atoms with Gasteiger partial charge in [0, 0.05) is 13.5 Å². The quantitative estimate of drug-likeness (QED) is 0.840. The van der Waals surface area contributed by atoms with Gasteiger partial charge in [0.15, 0.2) is 0 Å². The maximum absolute atomic E-state index is 10.9. The number of ether oxygens (including phenoxy) is 1. The smallest absolute Gasteiger partial charge is 0.347 e. The Morgan fingerprint density at radius 2 is 2.27 bits per heavy atom. The van der Waals surface area contributed by atoms with E-state index in [1.807, 2.05) is 0 Å². The number of aromatic carboxylic acids is 1. The summed E-state index contributed by atoms with van der Waals surface area (Å²) in [4.78, 5) is 15.5. The van der Waals surface area contributed by atoms with Crippen LogP contribution in [-0.4, -0.2) is 23.2 Å². The summed E-state index contributed by atoms with van der Waals surface area (Å²) in [7, 11) is 1.53. The van der Waals surface area contributed by atoms with Crippen molar-refractivity contribution in [1.29, 1.82) is 0 Å². The van der Waals surface area contributed by atoms with Gasteiger partial charge in [0.1, 0.15) is 4.88 Å². The van der Waals surface area contributed by atoms with Gasteiger partial charge >= 0.3 is 5.97 Å². The number of thiazole rings is 1. The molecule has 0 spiro atoms. The average molecular weight is 229 g/mol. The van der Waals surface area contributed by atoms with Gasteiger partial charge in [-0.2, -0.15) is 0 Å². The number of nitrogens with zero attached hydrogens (tertiary/aromatic N) is 1. The van der Waals surface area contributed by atoms with Gasteiger partial charge in [-0.3, -0.25) is 0 Å². The summed E-state index contributed by atoms with van der Waals surface area (Å²) in [6.45, 7) is 4.42. The largest absolute Gasteiger partial charge is 0.477 e. The van der Waals surface area contributed by atoms with E-state index in [4.69, 9.17) is 9.84 Å². The number of carboxylic acids is 1. The topological polar surface area (TPSA) is 59.4 Å². The molecule has 0 radical (unpaired) electrons. The molecule has 0 saturated carbocycles. The molecule has 0 bridgehead atoms.